The van der Waals surface area contributed by atoms with Gasteiger partial charge in [0, 0.05) is 22.7 Å². The van der Waals surface area contributed by atoms with Crippen molar-refractivity contribution < 1.29 is 14.0 Å². The molecule has 6 rings (SSSR count). The van der Waals surface area contributed by atoms with Crippen LogP contribution in [0.1, 0.15) is 98.3 Å². The SMILES string of the molecule is CC1(C)C(=O)C(C#N)=C[C@]2(C)C3=CC(=O)C4[C@@H]5C[C@@H](c6nnc(N)o6)CC[C@]5(C)CC[C@@]4(C)[C@]3(C)CC[C@@H]12. The molecule has 8 atom stereocenters. The summed E-state index contributed by atoms with van der Waals surface area (Å²) in [6.07, 6.45) is 10.6. The third-order valence-corrected chi connectivity index (χ3v) is 12.6. The summed E-state index contributed by atoms with van der Waals surface area (Å²) in [7, 11) is 0. The highest BCUT2D eigenvalue weighted by molar-refractivity contribution is 6.04. The van der Waals surface area contributed by atoms with Gasteiger partial charge in [0.1, 0.15) is 6.07 Å². The average molecular weight is 517 g/mol. The topological polar surface area (TPSA) is 123 Å². The first kappa shape index (κ1) is 25.5. The fourth-order valence-electron chi connectivity index (χ4n) is 10.2. The molecule has 7 heteroatoms. The van der Waals surface area contributed by atoms with Crippen LogP contribution in [0.2, 0.25) is 0 Å². The van der Waals surface area contributed by atoms with Crippen molar-refractivity contribution in [1.29, 1.82) is 5.26 Å². The predicted octanol–water partition coefficient (Wildman–Crippen LogP) is 5.95. The number of nitrogen functional groups attached to an aromatic ring is 1. The van der Waals surface area contributed by atoms with Crippen LogP contribution in [0.15, 0.2) is 27.7 Å². The number of hydrogen-bond donors (Lipinski definition) is 1. The minimum absolute atomic E-state index is 0.0581. The van der Waals surface area contributed by atoms with Crippen LogP contribution in [0.5, 0.6) is 0 Å². The van der Waals surface area contributed by atoms with Crippen LogP contribution < -0.4 is 5.73 Å². The van der Waals surface area contributed by atoms with Crippen molar-refractivity contribution in [2.45, 2.75) is 92.4 Å². The highest BCUT2D eigenvalue weighted by atomic mass is 16.4. The van der Waals surface area contributed by atoms with Gasteiger partial charge in [0.2, 0.25) is 5.89 Å². The maximum absolute atomic E-state index is 14.4. The molecule has 1 aromatic rings. The Bertz CT molecular complexity index is 1350. The fraction of sp³-hybridized carbons (Fsp3) is 0.710. The van der Waals surface area contributed by atoms with Gasteiger partial charge >= 0.3 is 6.01 Å². The van der Waals surface area contributed by atoms with Crippen molar-refractivity contribution in [3.8, 4) is 6.07 Å². The van der Waals surface area contributed by atoms with Crippen molar-refractivity contribution in [2.24, 2.45) is 44.8 Å². The van der Waals surface area contributed by atoms with E-state index in [9.17, 15) is 14.9 Å². The van der Waals surface area contributed by atoms with Crippen molar-refractivity contribution in [1.82, 2.24) is 10.2 Å². The summed E-state index contributed by atoms with van der Waals surface area (Å²) in [4.78, 5) is 27.6. The Balaban J connectivity index is 1.47. The first-order valence-electron chi connectivity index (χ1n) is 14.2. The Morgan fingerprint density at radius 2 is 1.76 bits per heavy atom. The summed E-state index contributed by atoms with van der Waals surface area (Å²) in [5.74, 6) is 1.05. The molecule has 0 bridgehead atoms. The maximum Gasteiger partial charge on any atom is 0.312 e. The average Bonchev–Trinajstić information content (AvgIpc) is 3.29. The highest BCUT2D eigenvalue weighted by Crippen LogP contribution is 2.74. The summed E-state index contributed by atoms with van der Waals surface area (Å²) in [5.41, 5.74) is 5.65. The lowest BCUT2D eigenvalue weighted by Crippen LogP contribution is -2.64. The second-order valence-electron chi connectivity index (χ2n) is 14.5. The van der Waals surface area contributed by atoms with Gasteiger partial charge in [-0.05, 0) is 79.1 Å². The van der Waals surface area contributed by atoms with E-state index in [0.29, 0.717) is 5.89 Å². The molecule has 5 aliphatic rings. The zero-order valence-electron chi connectivity index (χ0n) is 23.6. The van der Waals surface area contributed by atoms with Gasteiger partial charge < -0.3 is 10.2 Å². The van der Waals surface area contributed by atoms with Crippen LogP contribution in [0.25, 0.3) is 0 Å². The quantitative estimate of drug-likeness (QED) is 0.489. The van der Waals surface area contributed by atoms with Crippen molar-refractivity contribution in [3.63, 3.8) is 0 Å². The van der Waals surface area contributed by atoms with Crippen molar-refractivity contribution in [2.75, 3.05) is 5.73 Å². The molecule has 202 valence electrons. The molecule has 38 heavy (non-hydrogen) atoms. The number of aromatic nitrogens is 2. The molecule has 0 radical (unpaired) electrons. The zero-order chi connectivity index (χ0) is 27.5. The third-order valence-electron chi connectivity index (χ3n) is 12.6. The van der Waals surface area contributed by atoms with Gasteiger partial charge in [-0.2, -0.15) is 5.26 Å². The van der Waals surface area contributed by atoms with Crippen LogP contribution in [-0.2, 0) is 9.59 Å². The number of fused-ring (bicyclic) bond motifs is 7. The molecule has 0 spiro atoms. The first-order valence-corrected chi connectivity index (χ1v) is 14.2. The summed E-state index contributed by atoms with van der Waals surface area (Å²) in [6.45, 7) is 13.2. The zero-order valence-corrected chi connectivity index (χ0v) is 23.6. The number of Topliss-reactive ketones (excluding diaryl/α,β-unsaturated/α-hetero) is 1. The van der Waals surface area contributed by atoms with Gasteiger partial charge in [0.15, 0.2) is 11.6 Å². The molecule has 1 aromatic heterocycles. The molecule has 0 aliphatic heterocycles. The summed E-state index contributed by atoms with van der Waals surface area (Å²) < 4.78 is 5.65. The third kappa shape index (κ3) is 3.01. The van der Waals surface area contributed by atoms with Gasteiger partial charge in [-0.1, -0.05) is 58.3 Å². The molecular weight excluding hydrogens is 476 g/mol. The van der Waals surface area contributed by atoms with Gasteiger partial charge in [0.25, 0.3) is 0 Å². The Morgan fingerprint density at radius 1 is 1.03 bits per heavy atom. The molecule has 0 aromatic carbocycles. The number of ketones is 2. The second kappa shape index (κ2) is 7.67. The van der Waals surface area contributed by atoms with Crippen LogP contribution in [0, 0.1) is 56.2 Å². The molecular formula is C31H40N4O3. The monoisotopic (exact) mass is 516 g/mol. The van der Waals surface area contributed by atoms with Crippen LogP contribution >= 0.6 is 0 Å². The fourth-order valence-corrected chi connectivity index (χ4v) is 10.2. The van der Waals surface area contributed by atoms with Crippen LogP contribution in [0.4, 0.5) is 6.01 Å². The molecule has 1 heterocycles. The van der Waals surface area contributed by atoms with Crippen LogP contribution in [0.3, 0.4) is 0 Å². The number of anilines is 1. The summed E-state index contributed by atoms with van der Waals surface area (Å²) in [5, 5.41) is 18.0. The molecule has 1 unspecified atom stereocenters. The number of allylic oxidation sites excluding steroid dienone is 4. The number of nitriles is 1. The lowest BCUT2D eigenvalue weighted by molar-refractivity contribution is -0.163. The molecule has 0 amide bonds. The molecule has 3 saturated carbocycles. The van der Waals surface area contributed by atoms with Crippen molar-refractivity contribution in [3.05, 3.63) is 29.2 Å². The number of carbonyl (C=O) groups is 2. The van der Waals surface area contributed by atoms with E-state index in [1.807, 2.05) is 26.0 Å². The Morgan fingerprint density at radius 3 is 2.42 bits per heavy atom. The van der Waals surface area contributed by atoms with Gasteiger partial charge in [-0.3, -0.25) is 9.59 Å². The van der Waals surface area contributed by atoms with E-state index in [4.69, 9.17) is 10.2 Å². The van der Waals surface area contributed by atoms with Gasteiger partial charge in [-0.15, -0.1) is 5.10 Å². The van der Waals surface area contributed by atoms with E-state index < -0.39 is 10.8 Å². The van der Waals surface area contributed by atoms with Gasteiger partial charge in [0.05, 0.1) is 5.57 Å². The lowest BCUT2D eigenvalue weighted by atomic mass is 9.34. The Labute approximate surface area is 225 Å². The van der Waals surface area contributed by atoms with E-state index in [-0.39, 0.29) is 63.1 Å². The lowest BCUT2D eigenvalue weighted by Gasteiger charge is -2.68. The smallest absolute Gasteiger partial charge is 0.312 e. The summed E-state index contributed by atoms with van der Waals surface area (Å²) in [6, 6.07) is 2.28. The minimum atomic E-state index is -0.648. The number of carbonyl (C=O) groups excluding carboxylic acids is 2. The predicted molar refractivity (Wildman–Crippen MR) is 142 cm³/mol. The minimum Gasteiger partial charge on any atom is -0.408 e. The van der Waals surface area contributed by atoms with E-state index in [1.54, 1.807) is 0 Å². The number of nitrogens with two attached hydrogens (primary N) is 1. The molecule has 3 fully saturated rings. The largest absolute Gasteiger partial charge is 0.408 e. The van der Waals surface area contributed by atoms with Gasteiger partial charge in [-0.25, -0.2) is 0 Å². The Kier molecular flexibility index (Phi) is 5.15. The number of rotatable bonds is 1. The van der Waals surface area contributed by atoms with E-state index >= 15 is 0 Å². The molecule has 5 aliphatic carbocycles. The number of hydrogen-bond acceptors (Lipinski definition) is 7. The second-order valence-corrected chi connectivity index (χ2v) is 14.5. The number of nitrogens with zero attached hydrogens (tertiary/aromatic N) is 3. The standard InChI is InChI=1S/C31H40N4O3/c1-27(2)21-8-10-30(5)22(29(21,4)15-18(16-32)24(27)37)14-20(36)23-19-13-17(25-34-35-26(33)38-25)7-9-28(19,3)11-12-31(23,30)6/h14-15,17,19,21,23H,7-13H2,1-6H3,(H2,33,35)/t17-,19-,21-,23?,28+,29-,30+,31+/m0/s1. The van der Waals surface area contributed by atoms with E-state index in [1.165, 1.54) is 0 Å². The summed E-state index contributed by atoms with van der Waals surface area (Å²) >= 11 is 0. The van der Waals surface area contributed by atoms with Crippen LogP contribution in [-0.4, -0.2) is 21.8 Å². The Hall–Kier alpha value is -2.75. The molecule has 7 nitrogen and oxygen atoms in total. The van der Waals surface area contributed by atoms with Crippen molar-refractivity contribution >= 4 is 17.6 Å². The van der Waals surface area contributed by atoms with E-state index in [0.717, 1.165) is 50.5 Å². The molecule has 0 saturated heterocycles. The maximum atomic E-state index is 14.4. The van der Waals surface area contributed by atoms with E-state index in [2.05, 4.69) is 44.0 Å². The highest BCUT2D eigenvalue weighted by Gasteiger charge is 2.69. The first-order chi connectivity index (χ1) is 17.7. The normalized spacial score (nSPS) is 45.5. The molecule has 2 N–H and O–H groups in total.